The Morgan fingerprint density at radius 2 is 0.873 bits per heavy atom. The van der Waals surface area contributed by atoms with Crippen LogP contribution in [0.3, 0.4) is 0 Å². The molecule has 3 saturated carbocycles. The molecule has 5 unspecified atom stereocenters. The van der Waals surface area contributed by atoms with E-state index in [4.69, 9.17) is 61.6 Å². The zero-order valence-corrected chi connectivity index (χ0v) is 79.0. The van der Waals surface area contributed by atoms with Crippen LogP contribution in [0.5, 0.6) is 5.75 Å². The third-order valence-electron chi connectivity index (χ3n) is 29.4. The van der Waals surface area contributed by atoms with Gasteiger partial charge in [-0.2, -0.15) is 0 Å². The molecular weight excluding hydrogens is 1610 g/mol. The monoisotopic (exact) mass is 1770 g/mol. The van der Waals surface area contributed by atoms with E-state index in [-0.39, 0.29) is 175 Å². The predicted molar refractivity (Wildman–Crippen MR) is 485 cm³/mol. The first-order chi connectivity index (χ1) is 58.7. The van der Waals surface area contributed by atoms with E-state index < -0.39 is 40.7 Å². The van der Waals surface area contributed by atoms with Gasteiger partial charge in [-0.25, -0.2) is 4.79 Å². The van der Waals surface area contributed by atoms with Crippen molar-refractivity contribution in [3.05, 3.63) is 69.8 Å². The lowest BCUT2D eigenvalue weighted by Crippen LogP contribution is -2.55. The second-order valence-corrected chi connectivity index (χ2v) is 40.2. The number of amides is 3. The highest BCUT2D eigenvalue weighted by Crippen LogP contribution is 2.63. The van der Waals surface area contributed by atoms with Gasteiger partial charge >= 0.3 is 18.1 Å². The summed E-state index contributed by atoms with van der Waals surface area (Å²) in [7, 11) is 11.4. The Kier molecular flexibility index (Phi) is 38.4. The maximum Gasteiger partial charge on any atom is 0.514 e. The van der Waals surface area contributed by atoms with Gasteiger partial charge in [-0.3, -0.25) is 34.1 Å². The lowest BCUT2D eigenvalue weighted by molar-refractivity contribution is -0.384. The molecule has 9 heterocycles. The predicted octanol–water partition coefficient (Wildman–Crippen LogP) is 14.9. The minimum absolute atomic E-state index is 0. The molecule has 13 rings (SSSR count). The molecule has 12 aliphatic rings. The number of nitrogens with one attached hydrogen (secondary N) is 3. The number of ether oxygens (including phenoxy) is 13. The zero-order valence-electron chi connectivity index (χ0n) is 79.0. The third-order valence-corrected chi connectivity index (χ3v) is 29.4. The summed E-state index contributed by atoms with van der Waals surface area (Å²) in [5.74, 6) is -0.351. The number of methoxy groups -OCH3 is 3. The number of nitro groups is 1. The summed E-state index contributed by atoms with van der Waals surface area (Å²) >= 11 is 0. The Bertz CT molecular complexity index is 3660. The SMILES string of the molecule is C.C.CC(C)[C@H](C)C(=O)NCCC1CCCN1C.CO[C@@H]1[C@H](OC(=O)C[C@@H](C(=O)NCCC2CCCN2C)C(C)C)CC[C@]2(CO2)[C@H]1[C@@]1(C)O[C@@H]1CC=C(C)C.CO[C@H]1C([C@@]2(C)O[C@@H]2/C=C/C(C)C)[C@]2(CC[C@H]1OC(=O)Oc1ccc([N+](=O)[O-])cc1)CO2.CO[C@H]1C([C@@]2(C)O[C@@H]2CC=C(C)C)[C@]2(CC[C@H]1OC(=O)C[C@@H](C(=O)NCCC1CCCN1C)C(C)C)CO2. The Balaban J connectivity index is 0.000000214. The van der Waals surface area contributed by atoms with Crippen LogP contribution in [0, 0.1) is 69.3 Å². The van der Waals surface area contributed by atoms with E-state index in [9.17, 15) is 38.9 Å². The smallest absolute Gasteiger partial charge is 0.460 e. The average molecular weight is 1780 g/mol. The van der Waals surface area contributed by atoms with E-state index >= 15 is 0 Å². The Hall–Kier alpha value is -6.02. The molecule has 1 aromatic rings. The highest BCUT2D eigenvalue weighted by Gasteiger charge is 2.75. The third kappa shape index (κ3) is 26.9. The van der Waals surface area contributed by atoms with E-state index in [0.29, 0.717) is 82.1 Å². The van der Waals surface area contributed by atoms with Gasteiger partial charge in [-0.15, -0.1) is 0 Å². The van der Waals surface area contributed by atoms with Gasteiger partial charge in [0.2, 0.25) is 17.7 Å². The largest absolute Gasteiger partial charge is 0.514 e. The number of likely N-dealkylation sites (tertiary alicyclic amines) is 3. The molecule has 3 amide bonds. The second kappa shape index (κ2) is 45.9. The first-order valence-electron chi connectivity index (χ1n) is 46.7. The molecule has 28 nitrogen and oxygen atoms in total. The first kappa shape index (κ1) is 105. The fraction of sp³-hybridized carbons (Fsp3) is 0.816. The number of nitro benzene ring substituents is 1. The molecule has 3 N–H and O–H groups in total. The minimum atomic E-state index is -0.879. The van der Waals surface area contributed by atoms with E-state index in [1.807, 2.05) is 34.6 Å². The first-order valence-corrected chi connectivity index (χ1v) is 46.7. The molecule has 0 aromatic heterocycles. The molecule has 3 aliphatic carbocycles. The van der Waals surface area contributed by atoms with Crippen LogP contribution in [0.25, 0.3) is 0 Å². The maximum absolute atomic E-state index is 13.2. The van der Waals surface area contributed by atoms with Crippen LogP contribution in [-0.2, 0) is 80.8 Å². The quantitative estimate of drug-likeness (QED) is 0.0107. The van der Waals surface area contributed by atoms with Gasteiger partial charge in [0, 0.05) is 77.1 Å². The number of hydrogen-bond acceptors (Lipinski definition) is 24. The second-order valence-electron chi connectivity index (χ2n) is 40.2. The molecule has 12 fully saturated rings. The van der Waals surface area contributed by atoms with Crippen LogP contribution in [0.1, 0.15) is 248 Å². The number of allylic oxidation sites excluding steroid dienone is 3. The number of nitrogens with zero attached hydrogens (tertiary/aromatic N) is 4. The molecule has 0 bridgehead atoms. The van der Waals surface area contributed by atoms with Gasteiger partial charge in [0.15, 0.2) is 0 Å². The van der Waals surface area contributed by atoms with Crippen LogP contribution in [0.4, 0.5) is 10.5 Å². The minimum Gasteiger partial charge on any atom is -0.460 e. The average Bonchev–Trinajstić information content (AvgIpc) is 1.54. The van der Waals surface area contributed by atoms with Crippen LogP contribution in [0.15, 0.2) is 59.7 Å². The van der Waals surface area contributed by atoms with Gasteiger partial charge in [0.25, 0.3) is 5.69 Å². The molecule has 0 radical (unpaired) electrons. The van der Waals surface area contributed by atoms with Crippen molar-refractivity contribution >= 4 is 41.5 Å². The Morgan fingerprint density at radius 3 is 1.18 bits per heavy atom. The van der Waals surface area contributed by atoms with Gasteiger partial charge in [0.1, 0.15) is 82.1 Å². The molecule has 28 heteroatoms. The summed E-state index contributed by atoms with van der Waals surface area (Å²) < 4.78 is 77.4. The molecule has 9 aliphatic heterocycles. The molecule has 3 spiro atoms. The van der Waals surface area contributed by atoms with Crippen molar-refractivity contribution < 1.29 is 95.3 Å². The number of carbonyl (C=O) groups excluding carboxylic acids is 6. The summed E-state index contributed by atoms with van der Waals surface area (Å²) in [6.07, 6.45) is 22.1. The van der Waals surface area contributed by atoms with Crippen LogP contribution >= 0.6 is 0 Å². The summed E-state index contributed by atoms with van der Waals surface area (Å²) in [5.41, 5.74) is 0.405. The lowest BCUT2D eigenvalue weighted by atomic mass is 9.68. The number of benzene rings is 1. The highest BCUT2D eigenvalue weighted by atomic mass is 16.7. The fourth-order valence-corrected chi connectivity index (χ4v) is 20.9. The topological polar surface area (TPSA) is 331 Å². The molecular formula is C98H163N7O21. The molecule has 1 aromatic carbocycles. The molecule has 126 heavy (non-hydrogen) atoms. The lowest BCUT2D eigenvalue weighted by Gasteiger charge is -2.42. The number of esters is 2. The van der Waals surface area contributed by atoms with E-state index in [1.165, 1.54) is 80.5 Å². The number of non-ortho nitro benzene ring substituents is 1. The van der Waals surface area contributed by atoms with Crippen molar-refractivity contribution in [2.75, 3.05) is 102 Å². The van der Waals surface area contributed by atoms with Crippen molar-refractivity contribution in [3.8, 4) is 5.75 Å². The van der Waals surface area contributed by atoms with Crippen LogP contribution in [0.2, 0.25) is 0 Å². The standard InChI is InChI=1S/2C30H50N2O6.C23H29NO8.C13H26N2O.2CH4/c2*1-19(2)10-11-24-29(5,38-24)27-26(35-7)23(12-14-30(27)18-36-30)37-25(33)17-22(20(3)4)28(34)31-15-13-21-9-8-16-32(21)6;1-14(2)5-10-18-22(3,32-18)20-19(28-4)17(11-12-23(20)13-29-23)31-21(25)30-16-8-6-15(7-9-16)24(26)27;1-10(2)11(3)13(16)14-8-7-12-6-5-9-15(12)4;;/h2*10,20-24,26-27H,8-9,11-18H2,1-7H3,(H,31,34);5-10,14,17-20H,11-13H2,1-4H3;10-12H,5-9H2,1-4H3,(H,14,16);2*1H4/b;;10-5+;;;/t21?,22-,23-,24-,26-,27?,29+,30+;21?,22-,23-,24-,26-,27-,29+,30+;17-,18-,19-,20?,22+,23+;11-,12?;;/m1110../s1. The van der Waals surface area contributed by atoms with E-state index in [2.05, 4.69) is 152 Å². The van der Waals surface area contributed by atoms with Crippen molar-refractivity contribution in [2.24, 2.45) is 59.2 Å². The number of rotatable bonds is 36. The van der Waals surface area contributed by atoms with Crippen LogP contribution in [-0.4, -0.2) is 264 Å². The van der Waals surface area contributed by atoms with Gasteiger partial charge in [0.05, 0.1) is 79.4 Å². The highest BCUT2D eigenvalue weighted by molar-refractivity contribution is 5.85. The maximum atomic E-state index is 13.2. The molecule has 24 atom stereocenters. The summed E-state index contributed by atoms with van der Waals surface area (Å²) in [4.78, 5) is 93.9. The molecule has 716 valence electrons. The summed E-state index contributed by atoms with van der Waals surface area (Å²) in [5, 5.41) is 20.0. The van der Waals surface area contributed by atoms with Crippen molar-refractivity contribution in [1.82, 2.24) is 30.7 Å². The van der Waals surface area contributed by atoms with Crippen LogP contribution < -0.4 is 20.7 Å². The molecule has 9 saturated heterocycles. The van der Waals surface area contributed by atoms with Gasteiger partial charge < -0.3 is 92.2 Å². The number of hydrogen-bond donors (Lipinski definition) is 3. The number of epoxide rings is 6. The summed E-state index contributed by atoms with van der Waals surface area (Å²) in [6.45, 7) is 40.7. The zero-order chi connectivity index (χ0) is 90.6. The van der Waals surface area contributed by atoms with Crippen molar-refractivity contribution in [2.45, 2.75) is 354 Å². The van der Waals surface area contributed by atoms with Crippen molar-refractivity contribution in [1.29, 1.82) is 0 Å². The Labute approximate surface area is 754 Å². The fourth-order valence-electron chi connectivity index (χ4n) is 20.9. The van der Waals surface area contributed by atoms with E-state index in [0.717, 1.165) is 71.0 Å². The van der Waals surface area contributed by atoms with Gasteiger partial charge in [-0.05, 0) is 234 Å². The normalized spacial score (nSPS) is 34.5. The van der Waals surface area contributed by atoms with Crippen molar-refractivity contribution in [3.63, 3.8) is 0 Å². The Morgan fingerprint density at radius 1 is 0.516 bits per heavy atom. The summed E-state index contributed by atoms with van der Waals surface area (Å²) in [6, 6.07) is 6.97. The van der Waals surface area contributed by atoms with Gasteiger partial charge in [-0.1, -0.05) is 113 Å². The van der Waals surface area contributed by atoms with E-state index in [1.54, 1.807) is 21.3 Å². The number of carbonyl (C=O) groups is 6.